The molecule has 1 atom stereocenters. The highest BCUT2D eigenvalue weighted by Crippen LogP contribution is 2.31. The molecule has 1 saturated heterocycles. The maximum Gasteiger partial charge on any atom is 0.410 e. The Hall–Kier alpha value is -3.13. The Morgan fingerprint density at radius 2 is 2.07 bits per heavy atom. The first kappa shape index (κ1) is 20.2. The third-order valence-corrected chi connectivity index (χ3v) is 4.93. The van der Waals surface area contributed by atoms with Gasteiger partial charge in [0.2, 0.25) is 5.88 Å². The van der Waals surface area contributed by atoms with Crippen LogP contribution in [0.2, 0.25) is 0 Å². The minimum atomic E-state index is -0.519. The molecule has 2 aromatic heterocycles. The van der Waals surface area contributed by atoms with Crippen LogP contribution < -0.4 is 10.1 Å². The highest BCUT2D eigenvalue weighted by molar-refractivity contribution is 5.85. The number of hydrogen-bond donors (Lipinski definition) is 2. The highest BCUT2D eigenvalue weighted by Gasteiger charge is 2.29. The van der Waals surface area contributed by atoms with E-state index in [2.05, 4.69) is 20.3 Å². The lowest BCUT2D eigenvalue weighted by Crippen LogP contribution is -2.50. The summed E-state index contributed by atoms with van der Waals surface area (Å²) in [4.78, 5) is 26.7. The van der Waals surface area contributed by atoms with Gasteiger partial charge in [-0.1, -0.05) is 18.2 Å². The second-order valence-corrected chi connectivity index (χ2v) is 8.35. The van der Waals surface area contributed by atoms with Crippen LogP contribution in [0.4, 0.5) is 4.79 Å². The van der Waals surface area contributed by atoms with Crippen molar-refractivity contribution < 1.29 is 14.3 Å². The van der Waals surface area contributed by atoms with E-state index in [-0.39, 0.29) is 12.1 Å². The summed E-state index contributed by atoms with van der Waals surface area (Å²) in [7, 11) is 1.61. The predicted octanol–water partition coefficient (Wildman–Crippen LogP) is 3.51. The molecule has 0 aliphatic carbocycles. The van der Waals surface area contributed by atoms with Crippen LogP contribution in [-0.4, -0.2) is 58.3 Å². The number of nitrogens with one attached hydrogen (secondary N) is 2. The van der Waals surface area contributed by atoms with Gasteiger partial charge in [0.25, 0.3) is 0 Å². The van der Waals surface area contributed by atoms with Crippen molar-refractivity contribution in [2.75, 3.05) is 26.7 Å². The van der Waals surface area contributed by atoms with Gasteiger partial charge in [0.05, 0.1) is 36.1 Å². The van der Waals surface area contributed by atoms with Crippen LogP contribution >= 0.6 is 0 Å². The van der Waals surface area contributed by atoms with Gasteiger partial charge >= 0.3 is 6.09 Å². The molecule has 0 saturated carbocycles. The minimum Gasteiger partial charge on any atom is -0.480 e. The molecule has 0 bridgehead atoms. The summed E-state index contributed by atoms with van der Waals surface area (Å²) >= 11 is 0. The average Bonchev–Trinajstić information content (AvgIpc) is 3.22. The van der Waals surface area contributed by atoms with Gasteiger partial charge < -0.3 is 24.7 Å². The maximum absolute atomic E-state index is 12.4. The van der Waals surface area contributed by atoms with Gasteiger partial charge in [0.1, 0.15) is 11.4 Å². The number of carbonyl (C=O) groups is 1. The van der Waals surface area contributed by atoms with E-state index in [1.165, 1.54) is 0 Å². The molecule has 1 aromatic carbocycles. The zero-order chi connectivity index (χ0) is 21.3. The molecule has 0 spiro atoms. The zero-order valence-electron chi connectivity index (χ0n) is 17.7. The SMILES string of the molecule is COc1nc2ccccc2cc1-c1cnc(C2CN(C(=O)OC(C)(C)C)CCN2)[nH]1. The third kappa shape index (κ3) is 4.23. The highest BCUT2D eigenvalue weighted by atomic mass is 16.6. The quantitative estimate of drug-likeness (QED) is 0.688. The fourth-order valence-corrected chi connectivity index (χ4v) is 3.52. The maximum atomic E-state index is 12.4. The molecule has 3 aromatic rings. The number of aromatic nitrogens is 3. The van der Waals surface area contributed by atoms with Crippen molar-refractivity contribution in [3.05, 3.63) is 42.4 Å². The van der Waals surface area contributed by atoms with Gasteiger partial charge in [0.15, 0.2) is 0 Å². The topological polar surface area (TPSA) is 92.4 Å². The Balaban J connectivity index is 1.57. The lowest BCUT2D eigenvalue weighted by atomic mass is 10.1. The number of nitrogens with zero attached hydrogens (tertiary/aromatic N) is 3. The van der Waals surface area contributed by atoms with Crippen LogP contribution in [0.25, 0.3) is 22.2 Å². The molecule has 8 nitrogen and oxygen atoms in total. The Labute approximate surface area is 175 Å². The van der Waals surface area contributed by atoms with Crippen molar-refractivity contribution in [2.45, 2.75) is 32.4 Å². The van der Waals surface area contributed by atoms with Gasteiger partial charge in [-0.15, -0.1) is 0 Å². The van der Waals surface area contributed by atoms with Crippen molar-refractivity contribution in [1.29, 1.82) is 0 Å². The van der Waals surface area contributed by atoms with E-state index in [4.69, 9.17) is 9.47 Å². The molecule has 1 amide bonds. The molecule has 1 aliphatic rings. The van der Waals surface area contributed by atoms with E-state index in [0.29, 0.717) is 25.5 Å². The van der Waals surface area contributed by atoms with Crippen molar-refractivity contribution in [3.63, 3.8) is 0 Å². The number of ether oxygens (including phenoxy) is 2. The molecule has 8 heteroatoms. The second-order valence-electron chi connectivity index (χ2n) is 8.35. The molecule has 4 rings (SSSR count). The first-order valence-corrected chi connectivity index (χ1v) is 10.0. The summed E-state index contributed by atoms with van der Waals surface area (Å²) in [6.45, 7) is 7.36. The third-order valence-electron chi connectivity index (χ3n) is 4.93. The normalized spacial score (nSPS) is 17.2. The molecule has 2 N–H and O–H groups in total. The molecule has 1 unspecified atom stereocenters. The smallest absolute Gasteiger partial charge is 0.410 e. The van der Waals surface area contributed by atoms with Crippen molar-refractivity contribution in [2.24, 2.45) is 0 Å². The number of aromatic amines is 1. The molecular weight excluding hydrogens is 382 g/mol. The fraction of sp³-hybridized carbons (Fsp3) is 0.409. The molecule has 1 aliphatic heterocycles. The van der Waals surface area contributed by atoms with Crippen LogP contribution in [0.1, 0.15) is 32.6 Å². The Kier molecular flexibility index (Phi) is 5.34. The number of fused-ring (bicyclic) bond motifs is 1. The van der Waals surface area contributed by atoms with Crippen LogP contribution in [0.3, 0.4) is 0 Å². The summed E-state index contributed by atoms with van der Waals surface area (Å²) in [5, 5.41) is 4.44. The summed E-state index contributed by atoms with van der Waals surface area (Å²) in [6, 6.07) is 9.84. The van der Waals surface area contributed by atoms with Crippen LogP contribution in [-0.2, 0) is 4.74 Å². The van der Waals surface area contributed by atoms with Crippen molar-refractivity contribution in [3.8, 4) is 17.1 Å². The molecule has 1 fully saturated rings. The van der Waals surface area contributed by atoms with E-state index < -0.39 is 5.60 Å². The molecule has 158 valence electrons. The Morgan fingerprint density at radius 1 is 1.27 bits per heavy atom. The molecule has 30 heavy (non-hydrogen) atoms. The van der Waals surface area contributed by atoms with Gasteiger partial charge in [-0.05, 0) is 32.9 Å². The summed E-state index contributed by atoms with van der Waals surface area (Å²) in [5.74, 6) is 1.30. The predicted molar refractivity (Wildman–Crippen MR) is 114 cm³/mol. The first-order valence-electron chi connectivity index (χ1n) is 10.0. The monoisotopic (exact) mass is 409 g/mol. The zero-order valence-corrected chi connectivity index (χ0v) is 17.7. The lowest BCUT2D eigenvalue weighted by Gasteiger charge is -2.34. The number of benzene rings is 1. The standard InChI is InChI=1S/C22H27N5O3/c1-22(2,3)30-21(28)27-10-9-23-18(13-27)19-24-12-17(25-19)15-11-14-7-5-6-8-16(14)26-20(15)29-4/h5-8,11-12,18,23H,9-10,13H2,1-4H3,(H,24,25). The van der Waals surface area contributed by atoms with Crippen molar-refractivity contribution in [1.82, 2.24) is 25.2 Å². The van der Waals surface area contributed by atoms with Crippen LogP contribution in [0, 0.1) is 0 Å². The number of para-hydroxylation sites is 1. The second kappa shape index (κ2) is 7.95. The number of carbonyl (C=O) groups excluding carboxylic acids is 1. The summed E-state index contributed by atoms with van der Waals surface area (Å²) in [5.41, 5.74) is 2.01. The van der Waals surface area contributed by atoms with Crippen LogP contribution in [0.5, 0.6) is 5.88 Å². The van der Waals surface area contributed by atoms with Gasteiger partial charge in [-0.3, -0.25) is 0 Å². The van der Waals surface area contributed by atoms with E-state index in [1.54, 1.807) is 18.2 Å². The fourth-order valence-electron chi connectivity index (χ4n) is 3.52. The number of hydrogen-bond acceptors (Lipinski definition) is 6. The number of imidazole rings is 1. The lowest BCUT2D eigenvalue weighted by molar-refractivity contribution is 0.0192. The number of rotatable bonds is 3. The Bertz CT molecular complexity index is 1060. The van der Waals surface area contributed by atoms with Gasteiger partial charge in [-0.2, -0.15) is 0 Å². The van der Waals surface area contributed by atoms with E-state index in [0.717, 1.165) is 28.0 Å². The molecular formula is C22H27N5O3. The number of methoxy groups -OCH3 is 1. The first-order chi connectivity index (χ1) is 14.3. The van der Waals surface area contributed by atoms with E-state index in [1.807, 2.05) is 51.1 Å². The van der Waals surface area contributed by atoms with Gasteiger partial charge in [-0.25, -0.2) is 14.8 Å². The van der Waals surface area contributed by atoms with E-state index >= 15 is 0 Å². The Morgan fingerprint density at radius 3 is 2.83 bits per heavy atom. The van der Waals surface area contributed by atoms with Gasteiger partial charge in [0, 0.05) is 25.0 Å². The van der Waals surface area contributed by atoms with Crippen LogP contribution in [0.15, 0.2) is 36.5 Å². The summed E-state index contributed by atoms with van der Waals surface area (Å²) < 4.78 is 11.0. The number of piperazine rings is 1. The van der Waals surface area contributed by atoms with E-state index in [9.17, 15) is 4.79 Å². The molecule has 3 heterocycles. The average molecular weight is 409 g/mol. The number of H-pyrrole nitrogens is 1. The number of amides is 1. The number of pyridine rings is 1. The minimum absolute atomic E-state index is 0.112. The largest absolute Gasteiger partial charge is 0.480 e. The molecule has 0 radical (unpaired) electrons. The summed E-state index contributed by atoms with van der Waals surface area (Å²) in [6.07, 6.45) is 1.47. The van der Waals surface area contributed by atoms with Crippen molar-refractivity contribution >= 4 is 17.0 Å².